The van der Waals surface area contributed by atoms with Crippen LogP contribution in [0.5, 0.6) is 17.4 Å². The van der Waals surface area contributed by atoms with Crippen molar-refractivity contribution in [3.05, 3.63) is 47.1 Å². The quantitative estimate of drug-likeness (QED) is 0.785. The second kappa shape index (κ2) is 5.94. The topological polar surface area (TPSA) is 31.4 Å². The summed E-state index contributed by atoms with van der Waals surface area (Å²) in [4.78, 5) is 4.21. The first-order valence-corrected chi connectivity index (χ1v) is 6.17. The zero-order valence-electron chi connectivity index (χ0n) is 9.69. The summed E-state index contributed by atoms with van der Waals surface area (Å²) in [6.07, 6.45) is 0. The number of rotatable bonds is 4. The third-order valence-corrected chi connectivity index (χ3v) is 2.88. The highest BCUT2D eigenvalue weighted by molar-refractivity contribution is 6.32. The van der Waals surface area contributed by atoms with Crippen LogP contribution in [0.1, 0.15) is 5.69 Å². The van der Waals surface area contributed by atoms with E-state index in [1.807, 2.05) is 18.2 Å². The predicted molar refractivity (Wildman–Crippen MR) is 71.9 cm³/mol. The Morgan fingerprint density at radius 3 is 2.67 bits per heavy atom. The first kappa shape index (κ1) is 13.0. The Morgan fingerprint density at radius 2 is 1.94 bits per heavy atom. The molecule has 0 saturated carbocycles. The number of ether oxygens (including phenoxy) is 2. The molecule has 0 bridgehead atoms. The van der Waals surface area contributed by atoms with Crippen LogP contribution in [0.15, 0.2) is 36.4 Å². The van der Waals surface area contributed by atoms with Gasteiger partial charge in [-0.3, -0.25) is 0 Å². The SMILES string of the molecule is COc1cccc(Oc2ccc(Cl)c(CCl)n2)c1. The maximum Gasteiger partial charge on any atom is 0.219 e. The number of nitrogens with zero attached hydrogens (tertiary/aromatic N) is 1. The number of hydrogen-bond acceptors (Lipinski definition) is 3. The second-order valence-electron chi connectivity index (χ2n) is 3.49. The van der Waals surface area contributed by atoms with Crippen LogP contribution in [0.3, 0.4) is 0 Å². The zero-order chi connectivity index (χ0) is 13.0. The summed E-state index contributed by atoms with van der Waals surface area (Å²) in [5.74, 6) is 2.06. The monoisotopic (exact) mass is 283 g/mol. The van der Waals surface area contributed by atoms with Gasteiger partial charge < -0.3 is 9.47 Å². The van der Waals surface area contributed by atoms with Crippen molar-refractivity contribution >= 4 is 23.2 Å². The van der Waals surface area contributed by atoms with E-state index in [4.69, 9.17) is 32.7 Å². The van der Waals surface area contributed by atoms with Crippen LogP contribution in [0.2, 0.25) is 5.02 Å². The van der Waals surface area contributed by atoms with E-state index in [-0.39, 0.29) is 5.88 Å². The largest absolute Gasteiger partial charge is 0.497 e. The molecule has 0 aliphatic carbocycles. The third-order valence-electron chi connectivity index (χ3n) is 2.28. The molecule has 0 amide bonds. The number of alkyl halides is 1. The van der Waals surface area contributed by atoms with Gasteiger partial charge in [-0.15, -0.1) is 11.6 Å². The van der Waals surface area contributed by atoms with Gasteiger partial charge in [0.15, 0.2) is 0 Å². The Hall–Kier alpha value is -1.45. The van der Waals surface area contributed by atoms with Crippen LogP contribution in [-0.4, -0.2) is 12.1 Å². The summed E-state index contributed by atoms with van der Waals surface area (Å²) >= 11 is 11.7. The summed E-state index contributed by atoms with van der Waals surface area (Å²) < 4.78 is 10.7. The van der Waals surface area contributed by atoms with Gasteiger partial charge in [-0.2, -0.15) is 0 Å². The van der Waals surface area contributed by atoms with E-state index >= 15 is 0 Å². The molecule has 1 heterocycles. The smallest absolute Gasteiger partial charge is 0.219 e. The van der Waals surface area contributed by atoms with Crippen molar-refractivity contribution in [2.45, 2.75) is 5.88 Å². The van der Waals surface area contributed by atoms with E-state index in [1.165, 1.54) is 0 Å². The van der Waals surface area contributed by atoms with Crippen LogP contribution >= 0.6 is 23.2 Å². The standard InChI is InChI=1S/C13H11Cl2NO2/c1-17-9-3-2-4-10(7-9)18-13-6-5-11(15)12(8-14)16-13/h2-7H,8H2,1H3. The van der Waals surface area contributed by atoms with Crippen LogP contribution in [0, 0.1) is 0 Å². The van der Waals surface area contributed by atoms with Gasteiger partial charge in [-0.05, 0) is 18.2 Å². The third kappa shape index (κ3) is 3.06. The lowest BCUT2D eigenvalue weighted by atomic mass is 10.3. The lowest BCUT2D eigenvalue weighted by Crippen LogP contribution is -1.93. The maximum atomic E-state index is 5.92. The van der Waals surface area contributed by atoms with Crippen molar-refractivity contribution in [1.29, 1.82) is 0 Å². The van der Waals surface area contributed by atoms with E-state index in [0.717, 1.165) is 5.75 Å². The lowest BCUT2D eigenvalue weighted by molar-refractivity contribution is 0.407. The number of benzene rings is 1. The molecule has 1 aromatic carbocycles. The van der Waals surface area contributed by atoms with Gasteiger partial charge in [0.05, 0.1) is 23.7 Å². The summed E-state index contributed by atoms with van der Waals surface area (Å²) in [6, 6.07) is 10.7. The van der Waals surface area contributed by atoms with E-state index < -0.39 is 0 Å². The minimum absolute atomic E-state index is 0.244. The van der Waals surface area contributed by atoms with Gasteiger partial charge >= 0.3 is 0 Å². The molecule has 18 heavy (non-hydrogen) atoms. The number of hydrogen-bond donors (Lipinski definition) is 0. The van der Waals surface area contributed by atoms with Gasteiger partial charge in [-0.25, -0.2) is 4.98 Å². The molecule has 0 radical (unpaired) electrons. The fourth-order valence-corrected chi connectivity index (χ4v) is 1.84. The molecule has 0 saturated heterocycles. The summed E-state index contributed by atoms with van der Waals surface area (Å²) in [6.45, 7) is 0. The van der Waals surface area contributed by atoms with E-state index in [0.29, 0.717) is 22.3 Å². The fraction of sp³-hybridized carbons (Fsp3) is 0.154. The molecule has 0 spiro atoms. The van der Waals surface area contributed by atoms with Gasteiger partial charge in [0.25, 0.3) is 0 Å². The number of halogens is 2. The number of methoxy groups -OCH3 is 1. The van der Waals surface area contributed by atoms with Gasteiger partial charge in [0.1, 0.15) is 11.5 Å². The Balaban J connectivity index is 2.22. The molecule has 3 nitrogen and oxygen atoms in total. The average Bonchev–Trinajstić information content (AvgIpc) is 2.41. The molecular formula is C13H11Cl2NO2. The first-order chi connectivity index (χ1) is 8.72. The fourth-order valence-electron chi connectivity index (χ4n) is 1.40. The zero-order valence-corrected chi connectivity index (χ0v) is 11.2. The highest BCUT2D eigenvalue weighted by atomic mass is 35.5. The van der Waals surface area contributed by atoms with Crippen molar-refractivity contribution in [3.63, 3.8) is 0 Å². The number of aromatic nitrogens is 1. The average molecular weight is 284 g/mol. The molecule has 0 aliphatic rings. The Labute approximate surface area is 115 Å². The molecule has 0 unspecified atom stereocenters. The Morgan fingerprint density at radius 1 is 1.17 bits per heavy atom. The van der Waals surface area contributed by atoms with Crippen molar-refractivity contribution in [1.82, 2.24) is 4.98 Å². The molecule has 2 rings (SSSR count). The summed E-state index contributed by atoms with van der Waals surface area (Å²) in [5.41, 5.74) is 0.596. The molecule has 1 aromatic heterocycles. The molecule has 0 atom stereocenters. The number of pyridine rings is 1. The molecule has 0 aliphatic heterocycles. The van der Waals surface area contributed by atoms with E-state index in [2.05, 4.69) is 4.98 Å². The van der Waals surface area contributed by atoms with Gasteiger partial charge in [-0.1, -0.05) is 17.7 Å². The first-order valence-electron chi connectivity index (χ1n) is 5.26. The maximum absolute atomic E-state index is 5.92. The predicted octanol–water partition coefficient (Wildman–Crippen LogP) is 4.27. The summed E-state index contributed by atoms with van der Waals surface area (Å²) in [5, 5.41) is 0.531. The second-order valence-corrected chi connectivity index (χ2v) is 4.17. The van der Waals surface area contributed by atoms with Gasteiger partial charge in [0.2, 0.25) is 5.88 Å². The highest BCUT2D eigenvalue weighted by Gasteiger charge is 2.05. The molecule has 0 N–H and O–H groups in total. The lowest BCUT2D eigenvalue weighted by Gasteiger charge is -2.08. The molecular weight excluding hydrogens is 273 g/mol. The van der Waals surface area contributed by atoms with E-state index in [9.17, 15) is 0 Å². The molecule has 94 valence electrons. The normalized spacial score (nSPS) is 10.2. The van der Waals surface area contributed by atoms with Crippen LogP contribution in [-0.2, 0) is 5.88 Å². The minimum Gasteiger partial charge on any atom is -0.497 e. The van der Waals surface area contributed by atoms with Crippen molar-refractivity contribution < 1.29 is 9.47 Å². The Kier molecular flexibility index (Phi) is 4.28. The summed E-state index contributed by atoms with van der Waals surface area (Å²) in [7, 11) is 1.60. The van der Waals surface area contributed by atoms with Gasteiger partial charge in [0, 0.05) is 12.1 Å². The van der Waals surface area contributed by atoms with Crippen molar-refractivity contribution in [2.75, 3.05) is 7.11 Å². The van der Waals surface area contributed by atoms with Crippen LogP contribution < -0.4 is 9.47 Å². The van der Waals surface area contributed by atoms with Crippen molar-refractivity contribution in [2.24, 2.45) is 0 Å². The molecule has 0 fully saturated rings. The minimum atomic E-state index is 0.244. The van der Waals surface area contributed by atoms with Crippen LogP contribution in [0.4, 0.5) is 0 Å². The van der Waals surface area contributed by atoms with E-state index in [1.54, 1.807) is 25.3 Å². The highest BCUT2D eigenvalue weighted by Crippen LogP contribution is 2.26. The van der Waals surface area contributed by atoms with Crippen LogP contribution in [0.25, 0.3) is 0 Å². The molecule has 2 aromatic rings. The van der Waals surface area contributed by atoms with Crippen molar-refractivity contribution in [3.8, 4) is 17.4 Å². The Bertz CT molecular complexity index is 546. The molecule has 5 heteroatoms.